The van der Waals surface area contributed by atoms with Gasteiger partial charge in [0.15, 0.2) is 6.10 Å². The molecule has 0 saturated heterocycles. The van der Waals surface area contributed by atoms with E-state index in [0.29, 0.717) is 6.42 Å². The third kappa shape index (κ3) is 5.35. The highest BCUT2D eigenvalue weighted by Crippen LogP contribution is 2.26. The standard InChI is InChI=1S/C24H31NO2/c1-3-5-8-18-11-14-21(15-12-18)25-24(26)23(4-2)27-22-16-13-19-9-6-7-10-20(19)17-22/h11-17,23H,3-10H2,1-2H3,(H,25,26)/t23-/m0/s1. The Morgan fingerprint density at radius 3 is 2.48 bits per heavy atom. The molecule has 1 atom stereocenters. The van der Waals surface area contributed by atoms with Crippen LogP contribution in [-0.2, 0) is 24.1 Å². The maximum atomic E-state index is 12.7. The van der Waals surface area contributed by atoms with Gasteiger partial charge in [-0.3, -0.25) is 4.79 Å². The number of aryl methyl sites for hydroxylation is 3. The number of carbonyl (C=O) groups excluding carboxylic acids is 1. The highest BCUT2D eigenvalue weighted by Gasteiger charge is 2.19. The van der Waals surface area contributed by atoms with Gasteiger partial charge in [-0.05, 0) is 85.9 Å². The minimum atomic E-state index is -0.480. The first kappa shape index (κ1) is 19.5. The first-order valence-corrected chi connectivity index (χ1v) is 10.4. The number of amides is 1. The van der Waals surface area contributed by atoms with Crippen molar-refractivity contribution >= 4 is 11.6 Å². The predicted molar refractivity (Wildman–Crippen MR) is 111 cm³/mol. The molecule has 0 bridgehead atoms. The van der Waals surface area contributed by atoms with Crippen molar-refractivity contribution in [2.45, 2.75) is 71.3 Å². The van der Waals surface area contributed by atoms with Gasteiger partial charge in [-0.15, -0.1) is 0 Å². The first-order valence-electron chi connectivity index (χ1n) is 10.4. The maximum absolute atomic E-state index is 12.7. The zero-order chi connectivity index (χ0) is 19.1. The summed E-state index contributed by atoms with van der Waals surface area (Å²) in [5, 5.41) is 2.99. The number of hydrogen-bond donors (Lipinski definition) is 1. The molecule has 144 valence electrons. The van der Waals surface area contributed by atoms with Crippen molar-refractivity contribution in [1.82, 2.24) is 0 Å². The van der Waals surface area contributed by atoms with E-state index in [1.165, 1.54) is 42.4 Å². The number of unbranched alkanes of at least 4 members (excludes halogenated alkanes) is 1. The topological polar surface area (TPSA) is 38.3 Å². The molecule has 0 spiro atoms. The molecule has 27 heavy (non-hydrogen) atoms. The number of hydrogen-bond acceptors (Lipinski definition) is 2. The normalized spacial score (nSPS) is 14.3. The second-order valence-corrected chi connectivity index (χ2v) is 7.44. The second kappa shape index (κ2) is 9.59. The molecule has 0 aliphatic heterocycles. The average molecular weight is 366 g/mol. The molecule has 1 aliphatic carbocycles. The van der Waals surface area contributed by atoms with E-state index < -0.39 is 6.10 Å². The zero-order valence-electron chi connectivity index (χ0n) is 16.6. The van der Waals surface area contributed by atoms with Crippen molar-refractivity contribution < 1.29 is 9.53 Å². The van der Waals surface area contributed by atoms with Crippen molar-refractivity contribution in [2.24, 2.45) is 0 Å². The molecular weight excluding hydrogens is 334 g/mol. The number of carbonyl (C=O) groups is 1. The van der Waals surface area contributed by atoms with E-state index in [0.717, 1.165) is 30.7 Å². The maximum Gasteiger partial charge on any atom is 0.265 e. The number of ether oxygens (including phenoxy) is 1. The van der Waals surface area contributed by atoms with E-state index in [9.17, 15) is 4.79 Å². The number of anilines is 1. The van der Waals surface area contributed by atoms with Gasteiger partial charge < -0.3 is 10.1 Å². The fourth-order valence-electron chi connectivity index (χ4n) is 3.63. The smallest absolute Gasteiger partial charge is 0.265 e. The van der Waals surface area contributed by atoms with Crippen molar-refractivity contribution in [1.29, 1.82) is 0 Å². The highest BCUT2D eigenvalue weighted by molar-refractivity contribution is 5.94. The third-order valence-corrected chi connectivity index (χ3v) is 5.30. The molecule has 0 aromatic heterocycles. The number of benzene rings is 2. The summed E-state index contributed by atoms with van der Waals surface area (Å²) in [6.07, 6.45) is 8.40. The Morgan fingerprint density at radius 1 is 1.04 bits per heavy atom. The van der Waals surface area contributed by atoms with Gasteiger partial charge in [0.1, 0.15) is 5.75 Å². The summed E-state index contributed by atoms with van der Waals surface area (Å²) < 4.78 is 6.03. The van der Waals surface area contributed by atoms with Crippen molar-refractivity contribution in [3.05, 3.63) is 59.2 Å². The summed E-state index contributed by atoms with van der Waals surface area (Å²) in [7, 11) is 0. The van der Waals surface area contributed by atoms with Crippen LogP contribution in [0.2, 0.25) is 0 Å². The molecule has 3 nitrogen and oxygen atoms in total. The predicted octanol–water partition coefficient (Wildman–Crippen LogP) is 5.70. The Kier molecular flexibility index (Phi) is 6.92. The lowest BCUT2D eigenvalue weighted by Gasteiger charge is -2.20. The van der Waals surface area contributed by atoms with E-state index >= 15 is 0 Å². The Hall–Kier alpha value is -2.29. The Bertz CT molecular complexity index is 751. The Morgan fingerprint density at radius 2 is 1.78 bits per heavy atom. The lowest BCUT2D eigenvalue weighted by molar-refractivity contribution is -0.122. The third-order valence-electron chi connectivity index (χ3n) is 5.30. The number of rotatable bonds is 8. The summed E-state index contributed by atoms with van der Waals surface area (Å²) in [6, 6.07) is 14.4. The van der Waals surface area contributed by atoms with Gasteiger partial charge in [0.25, 0.3) is 5.91 Å². The fourth-order valence-corrected chi connectivity index (χ4v) is 3.63. The van der Waals surface area contributed by atoms with Crippen LogP contribution in [0.1, 0.15) is 62.6 Å². The molecule has 0 saturated carbocycles. The zero-order valence-corrected chi connectivity index (χ0v) is 16.6. The van der Waals surface area contributed by atoms with E-state index in [4.69, 9.17) is 4.74 Å². The van der Waals surface area contributed by atoms with Gasteiger partial charge in [-0.25, -0.2) is 0 Å². The van der Waals surface area contributed by atoms with Crippen molar-refractivity contribution in [3.8, 4) is 5.75 Å². The summed E-state index contributed by atoms with van der Waals surface area (Å²) >= 11 is 0. The summed E-state index contributed by atoms with van der Waals surface area (Å²) in [5.41, 5.74) is 4.94. The highest BCUT2D eigenvalue weighted by atomic mass is 16.5. The molecule has 0 radical (unpaired) electrons. The number of nitrogens with one attached hydrogen (secondary N) is 1. The van der Waals surface area contributed by atoms with E-state index in [-0.39, 0.29) is 5.91 Å². The Balaban J connectivity index is 1.60. The van der Waals surface area contributed by atoms with Crippen molar-refractivity contribution in [2.75, 3.05) is 5.32 Å². The largest absolute Gasteiger partial charge is 0.481 e. The van der Waals surface area contributed by atoms with Crippen LogP contribution in [0, 0.1) is 0 Å². The van der Waals surface area contributed by atoms with Crippen LogP contribution < -0.4 is 10.1 Å². The van der Waals surface area contributed by atoms with Gasteiger partial charge in [-0.1, -0.05) is 38.5 Å². The summed E-state index contributed by atoms with van der Waals surface area (Å²) in [5.74, 6) is 0.712. The molecule has 2 aromatic carbocycles. The van der Waals surface area contributed by atoms with Crippen molar-refractivity contribution in [3.63, 3.8) is 0 Å². The molecule has 2 aromatic rings. The summed E-state index contributed by atoms with van der Waals surface area (Å²) in [4.78, 5) is 12.7. The molecule has 1 amide bonds. The number of fused-ring (bicyclic) bond motifs is 1. The quantitative estimate of drug-likeness (QED) is 0.651. The molecule has 0 fully saturated rings. The van der Waals surface area contributed by atoms with Crippen LogP contribution in [-0.4, -0.2) is 12.0 Å². The van der Waals surface area contributed by atoms with Gasteiger partial charge in [0.05, 0.1) is 0 Å². The lowest BCUT2D eigenvalue weighted by atomic mass is 9.92. The fraction of sp³-hybridized carbons (Fsp3) is 0.458. The second-order valence-electron chi connectivity index (χ2n) is 7.44. The van der Waals surface area contributed by atoms with Crippen LogP contribution >= 0.6 is 0 Å². The lowest BCUT2D eigenvalue weighted by Crippen LogP contribution is -2.32. The molecule has 3 heteroatoms. The average Bonchev–Trinajstić information content (AvgIpc) is 2.71. The minimum absolute atomic E-state index is 0.0865. The first-order chi connectivity index (χ1) is 13.2. The molecular formula is C24H31NO2. The molecule has 0 unspecified atom stereocenters. The van der Waals surface area contributed by atoms with Gasteiger partial charge in [0, 0.05) is 5.69 Å². The summed E-state index contributed by atoms with van der Waals surface area (Å²) in [6.45, 7) is 4.18. The van der Waals surface area contributed by atoms with Gasteiger partial charge in [0.2, 0.25) is 0 Å². The van der Waals surface area contributed by atoms with Crippen LogP contribution in [0.25, 0.3) is 0 Å². The van der Waals surface area contributed by atoms with Crippen LogP contribution in [0.4, 0.5) is 5.69 Å². The van der Waals surface area contributed by atoms with Crippen LogP contribution in [0.15, 0.2) is 42.5 Å². The Labute approximate surface area is 163 Å². The van der Waals surface area contributed by atoms with Crippen LogP contribution in [0.5, 0.6) is 5.75 Å². The van der Waals surface area contributed by atoms with Gasteiger partial charge in [-0.2, -0.15) is 0 Å². The van der Waals surface area contributed by atoms with Crippen LogP contribution in [0.3, 0.4) is 0 Å². The van der Waals surface area contributed by atoms with E-state index in [1.807, 2.05) is 25.1 Å². The minimum Gasteiger partial charge on any atom is -0.481 e. The molecule has 1 aliphatic rings. The molecule has 3 rings (SSSR count). The molecule has 0 heterocycles. The molecule has 1 N–H and O–H groups in total. The van der Waals surface area contributed by atoms with E-state index in [1.54, 1.807) is 0 Å². The van der Waals surface area contributed by atoms with E-state index in [2.05, 4.69) is 36.5 Å². The van der Waals surface area contributed by atoms with Gasteiger partial charge >= 0.3 is 0 Å². The SMILES string of the molecule is CCCCc1ccc(NC(=O)[C@H](CC)Oc2ccc3c(c2)CCCC3)cc1. The monoisotopic (exact) mass is 365 g/mol.